The maximum Gasteiger partial charge on any atom is 0.274 e. The van der Waals surface area contributed by atoms with Crippen molar-refractivity contribution >= 4 is 18.6 Å². The summed E-state index contributed by atoms with van der Waals surface area (Å²) < 4.78 is 24.4. The van der Waals surface area contributed by atoms with Crippen molar-refractivity contribution in [3.05, 3.63) is 0 Å². The first-order valence-corrected chi connectivity index (χ1v) is 8.32. The van der Waals surface area contributed by atoms with E-state index < -0.39 is 18.6 Å². The molecule has 1 heterocycles. The zero-order valence-corrected chi connectivity index (χ0v) is 9.60. The molecule has 2 N–H and O–H groups in total. The Morgan fingerprint density at radius 2 is 2.15 bits per heavy atom. The Morgan fingerprint density at radius 3 is 2.69 bits per heavy atom. The summed E-state index contributed by atoms with van der Waals surface area (Å²) in [7, 11) is -0.846. The molecule has 13 heavy (non-hydrogen) atoms. The van der Waals surface area contributed by atoms with Crippen molar-refractivity contribution in [1.82, 2.24) is 10.0 Å². The van der Waals surface area contributed by atoms with E-state index in [0.29, 0.717) is 6.54 Å². The number of hydrogen-bond donors (Lipinski definition) is 2. The summed E-state index contributed by atoms with van der Waals surface area (Å²) in [5.41, 5.74) is 0. The van der Waals surface area contributed by atoms with Crippen LogP contribution >= 0.6 is 7.26 Å². The van der Waals surface area contributed by atoms with Crippen molar-refractivity contribution in [3.8, 4) is 0 Å². The van der Waals surface area contributed by atoms with Crippen molar-refractivity contribution in [3.63, 3.8) is 0 Å². The molecule has 1 aliphatic rings. The molecule has 1 aliphatic heterocycles. The van der Waals surface area contributed by atoms with Gasteiger partial charge in [0.2, 0.25) is 0 Å². The van der Waals surface area contributed by atoms with E-state index in [9.17, 15) is 8.09 Å². The summed E-state index contributed by atoms with van der Waals surface area (Å²) in [6, 6.07) is 0. The Labute approximate surface area is 82.1 Å². The molecule has 0 aromatic heterocycles. The smallest absolute Gasteiger partial charge is 0.274 e. The first-order valence-electron chi connectivity index (χ1n) is 4.48. The Morgan fingerprint density at radius 1 is 1.54 bits per heavy atom. The zero-order chi connectivity index (χ0) is 9.73. The van der Waals surface area contributed by atoms with E-state index in [0.717, 1.165) is 19.3 Å². The highest BCUT2D eigenvalue weighted by molar-refractivity contribution is 7.78. The van der Waals surface area contributed by atoms with E-state index in [-0.39, 0.29) is 0 Å². The quantitative estimate of drug-likeness (QED) is 0.538. The van der Waals surface area contributed by atoms with Crippen LogP contribution < -0.4 is 10.0 Å². The molecule has 0 aliphatic carbocycles. The fourth-order valence-corrected chi connectivity index (χ4v) is 4.69. The summed E-state index contributed by atoms with van der Waals surface area (Å²) in [5, 5.41) is 3.31. The minimum atomic E-state index is -2.34. The van der Waals surface area contributed by atoms with Gasteiger partial charge in [0.15, 0.2) is 0 Å². The van der Waals surface area contributed by atoms with Crippen LogP contribution in [0.1, 0.15) is 0 Å². The maximum absolute atomic E-state index is 11.9. The summed E-state index contributed by atoms with van der Waals surface area (Å²) in [4.78, 5) is 0. The van der Waals surface area contributed by atoms with Crippen molar-refractivity contribution in [2.24, 2.45) is 0 Å². The van der Waals surface area contributed by atoms with Gasteiger partial charge in [0.25, 0.3) is 11.4 Å². The second kappa shape index (κ2) is 5.35. The Balaban J connectivity index is 2.21. The van der Waals surface area contributed by atoms with Gasteiger partial charge < -0.3 is 5.32 Å². The van der Waals surface area contributed by atoms with Gasteiger partial charge in [-0.25, -0.2) is 8.93 Å². The second-order valence-electron chi connectivity index (χ2n) is 3.66. The van der Waals surface area contributed by atoms with Gasteiger partial charge in [0, 0.05) is 33.6 Å². The molecule has 0 radical (unpaired) electrons. The molecule has 0 saturated carbocycles. The fourth-order valence-electron chi connectivity index (χ4n) is 1.55. The Kier molecular flexibility index (Phi) is 4.73. The van der Waals surface area contributed by atoms with E-state index in [1.54, 1.807) is 0 Å². The minimum absolute atomic E-state index is 0.549. The van der Waals surface area contributed by atoms with Crippen molar-refractivity contribution in [1.29, 1.82) is 0 Å². The molecule has 1 atom stereocenters. The molecule has 6 heteroatoms. The third-order valence-corrected chi connectivity index (χ3v) is 6.86. The van der Waals surface area contributed by atoms with Crippen LogP contribution in [-0.2, 0) is 11.4 Å². The van der Waals surface area contributed by atoms with E-state index in [2.05, 4.69) is 16.7 Å². The van der Waals surface area contributed by atoms with Crippen LogP contribution in [0.3, 0.4) is 0 Å². The summed E-state index contributed by atoms with van der Waals surface area (Å²) in [5.74, 6) is 0. The Hall–Kier alpha value is 0.430. The summed E-state index contributed by atoms with van der Waals surface area (Å²) in [6.45, 7) is 5.04. The maximum atomic E-state index is 11.9. The molecule has 1 unspecified atom stereocenters. The van der Waals surface area contributed by atoms with Crippen LogP contribution in [0.2, 0.25) is 0 Å². The van der Waals surface area contributed by atoms with Gasteiger partial charge in [-0.3, -0.25) is 0 Å². The molecule has 1 rings (SSSR count). The average Bonchev–Trinajstić information content (AvgIpc) is 2.04. The van der Waals surface area contributed by atoms with Crippen molar-refractivity contribution < 1.29 is 8.09 Å². The predicted octanol–water partition coefficient (Wildman–Crippen LogP) is 0.375. The van der Waals surface area contributed by atoms with E-state index in [1.807, 2.05) is 0 Å². The molecular weight excluding hydrogens is 210 g/mol. The van der Waals surface area contributed by atoms with Gasteiger partial charge in [-0.2, -0.15) is 0 Å². The lowest BCUT2D eigenvalue weighted by Gasteiger charge is -2.27. The number of halogens is 1. The molecule has 0 bridgehead atoms. The van der Waals surface area contributed by atoms with Gasteiger partial charge in [0.05, 0.1) is 18.5 Å². The molecular formula is C7H17FN2OPS+. The van der Waals surface area contributed by atoms with Crippen molar-refractivity contribution in [2.75, 3.05) is 44.8 Å². The van der Waals surface area contributed by atoms with Gasteiger partial charge in [-0.05, 0) is 0 Å². The number of rotatable bonds is 4. The first kappa shape index (κ1) is 11.5. The van der Waals surface area contributed by atoms with E-state index >= 15 is 0 Å². The highest BCUT2D eigenvalue weighted by Gasteiger charge is 2.32. The molecule has 1 fully saturated rings. The van der Waals surface area contributed by atoms with E-state index in [1.165, 1.54) is 12.3 Å². The molecule has 0 amide bonds. The fraction of sp³-hybridized carbons (Fsp3) is 1.00. The number of nitrogens with one attached hydrogen (secondary N) is 2. The summed E-state index contributed by atoms with van der Waals surface area (Å²) >= 11 is -2.34. The van der Waals surface area contributed by atoms with Crippen LogP contribution in [0.15, 0.2) is 0 Å². The Bertz CT molecular complexity index is 187. The van der Waals surface area contributed by atoms with Gasteiger partial charge >= 0.3 is 0 Å². The minimum Gasteiger partial charge on any atom is -0.310 e. The lowest BCUT2D eigenvalue weighted by atomic mass is 10.6. The molecule has 3 nitrogen and oxygen atoms in total. The molecule has 0 aromatic carbocycles. The third kappa shape index (κ3) is 4.45. The first-order chi connectivity index (χ1) is 6.12. The predicted molar refractivity (Wildman–Crippen MR) is 57.6 cm³/mol. The monoisotopic (exact) mass is 227 g/mol. The van der Waals surface area contributed by atoms with Gasteiger partial charge in [0.1, 0.15) is 0 Å². The highest BCUT2D eigenvalue weighted by atomic mass is 32.2. The molecule has 78 valence electrons. The lowest BCUT2D eigenvalue weighted by molar-refractivity contribution is 0.636. The lowest BCUT2D eigenvalue weighted by Crippen LogP contribution is -2.34. The van der Waals surface area contributed by atoms with E-state index in [4.69, 9.17) is 0 Å². The van der Waals surface area contributed by atoms with Gasteiger partial charge in [-0.1, -0.05) is 0 Å². The van der Waals surface area contributed by atoms with Crippen LogP contribution in [-0.4, -0.2) is 49.0 Å². The molecule has 0 aromatic rings. The molecule has 0 spiro atoms. The van der Waals surface area contributed by atoms with Gasteiger partial charge in [-0.15, -0.1) is 3.89 Å². The van der Waals surface area contributed by atoms with Crippen LogP contribution in [0, 0.1) is 0 Å². The zero-order valence-electron chi connectivity index (χ0n) is 7.88. The SMILES string of the molecule is C[P+]1(CCNS(=O)F)CCNCC1. The summed E-state index contributed by atoms with van der Waals surface area (Å²) in [6.07, 6.45) is 3.46. The highest BCUT2D eigenvalue weighted by Crippen LogP contribution is 2.54. The van der Waals surface area contributed by atoms with Crippen LogP contribution in [0.25, 0.3) is 0 Å². The normalized spacial score (nSPS) is 24.2. The number of hydrogen-bond acceptors (Lipinski definition) is 2. The van der Waals surface area contributed by atoms with Crippen LogP contribution in [0.4, 0.5) is 3.89 Å². The topological polar surface area (TPSA) is 41.1 Å². The third-order valence-electron chi connectivity index (χ3n) is 2.52. The van der Waals surface area contributed by atoms with Crippen LogP contribution in [0.5, 0.6) is 0 Å². The van der Waals surface area contributed by atoms with Crippen molar-refractivity contribution in [2.45, 2.75) is 0 Å². The largest absolute Gasteiger partial charge is 0.310 e. The molecule has 1 saturated heterocycles. The second-order valence-corrected chi connectivity index (χ2v) is 8.97. The standard InChI is InChI=1S/C7H17FN2OPS/c1-12(5-2-9-3-6-12)7-4-10-13(8)11/h9-10H,2-7H2,1H3/q+1. The average molecular weight is 227 g/mol.